The molecule has 0 saturated heterocycles. The molecule has 2 aromatic rings. The van der Waals surface area contributed by atoms with E-state index in [1.165, 1.54) is 12.4 Å². The Morgan fingerprint density at radius 3 is 2.86 bits per heavy atom. The van der Waals surface area contributed by atoms with Gasteiger partial charge in [0, 0.05) is 5.39 Å². The number of aromatic carboxylic acids is 1. The van der Waals surface area contributed by atoms with Gasteiger partial charge in [-0.3, -0.25) is 0 Å². The number of rotatable bonds is 1. The number of fused-ring (bicyclic) bond motifs is 1. The minimum atomic E-state index is -1.02. The highest BCUT2D eigenvalue weighted by Crippen LogP contribution is 2.19. The third-order valence-electron chi connectivity index (χ3n) is 1.93. The van der Waals surface area contributed by atoms with E-state index in [1.54, 1.807) is 12.1 Å². The summed E-state index contributed by atoms with van der Waals surface area (Å²) >= 11 is 0. The van der Waals surface area contributed by atoms with E-state index < -0.39 is 5.97 Å². The first-order valence-electron chi connectivity index (χ1n) is 3.92. The molecular formula is C9H7N3O2. The molecule has 0 unspecified atom stereocenters. The summed E-state index contributed by atoms with van der Waals surface area (Å²) in [6.07, 6.45) is 1.25. The Hall–Kier alpha value is -2.17. The van der Waals surface area contributed by atoms with Gasteiger partial charge in [0.2, 0.25) is 0 Å². The molecule has 0 spiro atoms. The number of hydrogen-bond donors (Lipinski definition) is 2. The van der Waals surface area contributed by atoms with Crippen molar-refractivity contribution in [3.63, 3.8) is 0 Å². The molecule has 0 fully saturated rings. The van der Waals surface area contributed by atoms with Crippen LogP contribution in [0.4, 0.5) is 5.82 Å². The molecule has 2 rings (SSSR count). The number of benzene rings is 1. The molecule has 0 saturated carbocycles. The average molecular weight is 189 g/mol. The van der Waals surface area contributed by atoms with E-state index in [2.05, 4.69) is 9.97 Å². The lowest BCUT2D eigenvalue weighted by Gasteiger charge is -2.02. The number of aromatic nitrogens is 2. The van der Waals surface area contributed by atoms with E-state index in [9.17, 15) is 4.79 Å². The summed E-state index contributed by atoms with van der Waals surface area (Å²) in [5.41, 5.74) is 6.08. The molecule has 1 heterocycles. The Morgan fingerprint density at radius 2 is 2.14 bits per heavy atom. The molecule has 0 aliphatic heterocycles. The summed E-state index contributed by atoms with van der Waals surface area (Å²) in [5, 5.41) is 9.43. The molecule has 70 valence electrons. The number of nitrogens with two attached hydrogens (primary N) is 1. The fourth-order valence-electron chi connectivity index (χ4n) is 1.28. The van der Waals surface area contributed by atoms with Crippen molar-refractivity contribution >= 4 is 22.7 Å². The summed E-state index contributed by atoms with van der Waals surface area (Å²) < 4.78 is 0. The smallest absolute Gasteiger partial charge is 0.337 e. The van der Waals surface area contributed by atoms with Gasteiger partial charge in [0.25, 0.3) is 0 Å². The minimum Gasteiger partial charge on any atom is -0.478 e. The van der Waals surface area contributed by atoms with Crippen LogP contribution in [0.2, 0.25) is 0 Å². The molecular weight excluding hydrogens is 182 g/mol. The van der Waals surface area contributed by atoms with Crippen LogP contribution >= 0.6 is 0 Å². The molecule has 0 aliphatic rings. The topological polar surface area (TPSA) is 89.1 Å². The highest BCUT2D eigenvalue weighted by molar-refractivity contribution is 6.04. The maximum absolute atomic E-state index is 10.8. The zero-order chi connectivity index (χ0) is 10.1. The van der Waals surface area contributed by atoms with E-state index in [1.807, 2.05) is 0 Å². The van der Waals surface area contributed by atoms with E-state index in [0.29, 0.717) is 10.9 Å². The van der Waals surface area contributed by atoms with Gasteiger partial charge in [-0.1, -0.05) is 6.07 Å². The molecule has 0 atom stereocenters. The van der Waals surface area contributed by atoms with Gasteiger partial charge in [-0.05, 0) is 12.1 Å². The maximum Gasteiger partial charge on any atom is 0.337 e. The Kier molecular flexibility index (Phi) is 1.78. The van der Waals surface area contributed by atoms with Crippen molar-refractivity contribution in [1.82, 2.24) is 9.97 Å². The van der Waals surface area contributed by atoms with E-state index in [-0.39, 0.29) is 11.4 Å². The van der Waals surface area contributed by atoms with Gasteiger partial charge in [-0.2, -0.15) is 0 Å². The molecule has 5 nitrogen and oxygen atoms in total. The van der Waals surface area contributed by atoms with Crippen molar-refractivity contribution in [3.8, 4) is 0 Å². The maximum atomic E-state index is 10.8. The van der Waals surface area contributed by atoms with Crippen LogP contribution in [-0.4, -0.2) is 21.0 Å². The summed E-state index contributed by atoms with van der Waals surface area (Å²) in [7, 11) is 0. The first-order valence-corrected chi connectivity index (χ1v) is 3.92. The van der Waals surface area contributed by atoms with E-state index in [4.69, 9.17) is 10.8 Å². The normalized spacial score (nSPS) is 10.3. The molecule has 0 bridgehead atoms. The van der Waals surface area contributed by atoms with Crippen LogP contribution in [0.15, 0.2) is 24.5 Å². The van der Waals surface area contributed by atoms with Gasteiger partial charge >= 0.3 is 5.97 Å². The largest absolute Gasteiger partial charge is 0.478 e. The summed E-state index contributed by atoms with van der Waals surface area (Å²) in [6.45, 7) is 0. The van der Waals surface area contributed by atoms with Gasteiger partial charge in [0.15, 0.2) is 0 Å². The predicted molar refractivity (Wildman–Crippen MR) is 50.9 cm³/mol. The molecule has 1 aromatic heterocycles. The lowest BCUT2D eigenvalue weighted by molar-refractivity contribution is 0.0699. The van der Waals surface area contributed by atoms with Crippen LogP contribution in [0.5, 0.6) is 0 Å². The molecule has 5 heteroatoms. The molecule has 0 amide bonds. The molecule has 3 N–H and O–H groups in total. The fourth-order valence-corrected chi connectivity index (χ4v) is 1.28. The number of nitrogen functional groups attached to an aromatic ring is 1. The average Bonchev–Trinajstić information content (AvgIpc) is 2.17. The van der Waals surface area contributed by atoms with Gasteiger partial charge in [-0.15, -0.1) is 0 Å². The third-order valence-corrected chi connectivity index (χ3v) is 1.93. The molecule has 0 radical (unpaired) electrons. The number of nitrogens with zero attached hydrogens (tertiary/aromatic N) is 2. The number of carboxylic acid groups (broad SMARTS) is 1. The van der Waals surface area contributed by atoms with Gasteiger partial charge in [0.05, 0.1) is 11.1 Å². The van der Waals surface area contributed by atoms with Crippen molar-refractivity contribution < 1.29 is 9.90 Å². The van der Waals surface area contributed by atoms with Crippen LogP contribution in [0.25, 0.3) is 10.9 Å². The van der Waals surface area contributed by atoms with Gasteiger partial charge in [0.1, 0.15) is 12.1 Å². The van der Waals surface area contributed by atoms with Gasteiger partial charge in [-0.25, -0.2) is 14.8 Å². The first kappa shape index (κ1) is 8.43. The zero-order valence-electron chi connectivity index (χ0n) is 7.14. The number of carboxylic acids is 1. The Labute approximate surface area is 79.2 Å². The van der Waals surface area contributed by atoms with Crippen LogP contribution in [0.1, 0.15) is 10.4 Å². The monoisotopic (exact) mass is 189 g/mol. The Morgan fingerprint density at radius 1 is 1.36 bits per heavy atom. The number of para-hydroxylation sites is 1. The number of carbonyl (C=O) groups is 1. The van der Waals surface area contributed by atoms with E-state index in [0.717, 1.165) is 0 Å². The molecule has 0 aliphatic carbocycles. The van der Waals surface area contributed by atoms with Gasteiger partial charge < -0.3 is 10.8 Å². The van der Waals surface area contributed by atoms with Crippen molar-refractivity contribution in [2.45, 2.75) is 0 Å². The van der Waals surface area contributed by atoms with Crippen LogP contribution in [-0.2, 0) is 0 Å². The summed E-state index contributed by atoms with van der Waals surface area (Å²) in [4.78, 5) is 18.5. The summed E-state index contributed by atoms with van der Waals surface area (Å²) in [5.74, 6) is -0.730. The highest BCUT2D eigenvalue weighted by Gasteiger charge is 2.10. The second-order valence-electron chi connectivity index (χ2n) is 2.77. The Bertz CT molecular complexity index is 510. The predicted octanol–water partition coefficient (Wildman–Crippen LogP) is 0.910. The highest BCUT2D eigenvalue weighted by atomic mass is 16.4. The SMILES string of the molecule is Nc1ncnc2c(C(=O)O)cccc12. The van der Waals surface area contributed by atoms with Crippen LogP contribution in [0, 0.1) is 0 Å². The van der Waals surface area contributed by atoms with Crippen LogP contribution < -0.4 is 5.73 Å². The lowest BCUT2D eigenvalue weighted by Crippen LogP contribution is -2.01. The molecule has 14 heavy (non-hydrogen) atoms. The quantitative estimate of drug-likeness (QED) is 0.695. The van der Waals surface area contributed by atoms with Crippen molar-refractivity contribution in [1.29, 1.82) is 0 Å². The number of hydrogen-bond acceptors (Lipinski definition) is 4. The second-order valence-corrected chi connectivity index (χ2v) is 2.77. The van der Waals surface area contributed by atoms with Crippen molar-refractivity contribution in [3.05, 3.63) is 30.1 Å². The lowest BCUT2D eigenvalue weighted by atomic mass is 10.1. The van der Waals surface area contributed by atoms with E-state index >= 15 is 0 Å². The fraction of sp³-hybridized carbons (Fsp3) is 0. The minimum absolute atomic E-state index is 0.136. The van der Waals surface area contributed by atoms with Crippen molar-refractivity contribution in [2.75, 3.05) is 5.73 Å². The second kappa shape index (κ2) is 2.95. The van der Waals surface area contributed by atoms with Crippen LogP contribution in [0.3, 0.4) is 0 Å². The Balaban J connectivity index is 2.88. The molecule has 1 aromatic carbocycles. The zero-order valence-corrected chi connectivity index (χ0v) is 7.14. The summed E-state index contributed by atoms with van der Waals surface area (Å²) in [6, 6.07) is 4.79. The standard InChI is InChI=1S/C9H7N3O2/c10-8-5-2-1-3-6(9(13)14)7(5)11-4-12-8/h1-4H,(H,13,14)(H2,10,11,12). The first-order chi connectivity index (χ1) is 6.70. The third kappa shape index (κ3) is 1.15. The van der Waals surface area contributed by atoms with Crippen molar-refractivity contribution in [2.24, 2.45) is 0 Å². The number of anilines is 1.